The van der Waals surface area contributed by atoms with E-state index in [0.29, 0.717) is 0 Å². The summed E-state index contributed by atoms with van der Waals surface area (Å²) in [5.74, 6) is -0.212. The second-order valence-corrected chi connectivity index (χ2v) is 6.93. The summed E-state index contributed by atoms with van der Waals surface area (Å²) in [4.78, 5) is 12.1. The zero-order valence-corrected chi connectivity index (χ0v) is 13.7. The summed E-state index contributed by atoms with van der Waals surface area (Å²) in [5, 5.41) is 4.00. The number of allylic oxidation sites excluding steroid dienone is 1. The zero-order chi connectivity index (χ0) is 15.6. The molecule has 1 saturated carbocycles. The number of hydrogen-bond donors (Lipinski definition) is 1. The van der Waals surface area contributed by atoms with E-state index in [1.165, 1.54) is 5.56 Å². The van der Waals surface area contributed by atoms with Gasteiger partial charge in [-0.2, -0.15) is 5.10 Å². The summed E-state index contributed by atoms with van der Waals surface area (Å²) in [6, 6.07) is 7.89. The summed E-state index contributed by atoms with van der Waals surface area (Å²) < 4.78 is 0.200. The Bertz CT molecular complexity index is 587. The summed E-state index contributed by atoms with van der Waals surface area (Å²) in [5.41, 5.74) is 4.57. The molecule has 5 heteroatoms. The molecule has 0 heterocycles. The van der Waals surface area contributed by atoms with Gasteiger partial charge in [0.05, 0.1) is 12.1 Å². The molecule has 2 atom stereocenters. The lowest BCUT2D eigenvalue weighted by atomic mass is 10.1. The fourth-order valence-corrected chi connectivity index (χ4v) is 2.79. The van der Waals surface area contributed by atoms with Crippen molar-refractivity contribution in [3.63, 3.8) is 0 Å². The average Bonchev–Trinajstić information content (AvgIpc) is 2.92. The van der Waals surface area contributed by atoms with Crippen LogP contribution >= 0.6 is 23.2 Å². The predicted molar refractivity (Wildman–Crippen MR) is 87.5 cm³/mol. The molecule has 2 unspecified atom stereocenters. The summed E-state index contributed by atoms with van der Waals surface area (Å²) in [6.07, 6.45) is 3.35. The second-order valence-electron chi connectivity index (χ2n) is 5.93. The number of halogens is 2. The van der Waals surface area contributed by atoms with Crippen LogP contribution in [0, 0.1) is 24.2 Å². The van der Waals surface area contributed by atoms with Crippen LogP contribution in [-0.4, -0.2) is 12.1 Å². The fourth-order valence-electron chi connectivity index (χ4n) is 2.52. The summed E-state index contributed by atoms with van der Waals surface area (Å²) >= 11 is 11.3. The lowest BCUT2D eigenvalue weighted by molar-refractivity contribution is -0.123. The van der Waals surface area contributed by atoms with Crippen molar-refractivity contribution in [1.29, 1.82) is 0 Å². The largest absolute Gasteiger partial charge is 0.273 e. The maximum absolute atomic E-state index is 12.1. The van der Waals surface area contributed by atoms with Gasteiger partial charge in [0.15, 0.2) is 0 Å². The summed E-state index contributed by atoms with van der Waals surface area (Å²) in [7, 11) is 0. The molecule has 0 saturated heterocycles. The van der Waals surface area contributed by atoms with Crippen LogP contribution in [0.5, 0.6) is 0 Å². The first-order valence-electron chi connectivity index (χ1n) is 6.75. The van der Waals surface area contributed by atoms with Crippen molar-refractivity contribution in [3.8, 4) is 0 Å². The molecule has 1 fully saturated rings. The van der Waals surface area contributed by atoms with E-state index in [-0.39, 0.29) is 27.6 Å². The molecule has 0 aromatic heterocycles. The van der Waals surface area contributed by atoms with Crippen LogP contribution in [-0.2, 0) is 4.79 Å². The van der Waals surface area contributed by atoms with Gasteiger partial charge < -0.3 is 0 Å². The van der Waals surface area contributed by atoms with Crippen molar-refractivity contribution in [2.75, 3.05) is 0 Å². The number of hydrazone groups is 1. The highest BCUT2D eigenvalue weighted by molar-refractivity contribution is 6.55. The van der Waals surface area contributed by atoms with E-state index in [9.17, 15) is 4.79 Å². The number of benzene rings is 1. The van der Waals surface area contributed by atoms with Crippen molar-refractivity contribution >= 4 is 35.3 Å². The standard InChI is InChI=1S/C16H18Cl2N2O/c1-10-4-6-11(7-5-10)9-19-20-15(21)14-12(8-13(17)18)16(14,2)3/h4-9,12,14H,1-3H3,(H,20,21)/b19-9+. The highest BCUT2D eigenvalue weighted by Crippen LogP contribution is 2.59. The first-order valence-corrected chi connectivity index (χ1v) is 7.50. The van der Waals surface area contributed by atoms with Crippen molar-refractivity contribution < 1.29 is 4.79 Å². The third-order valence-corrected chi connectivity index (χ3v) is 4.22. The molecule has 21 heavy (non-hydrogen) atoms. The number of carbonyl (C=O) groups is 1. The molecule has 3 nitrogen and oxygen atoms in total. The molecule has 0 aliphatic heterocycles. The number of rotatable bonds is 4. The molecule has 112 valence electrons. The Hall–Kier alpha value is -1.32. The maximum Gasteiger partial charge on any atom is 0.244 e. The van der Waals surface area contributed by atoms with Crippen LogP contribution in [0.4, 0.5) is 0 Å². The van der Waals surface area contributed by atoms with Gasteiger partial charge in [-0.25, -0.2) is 5.43 Å². The van der Waals surface area contributed by atoms with Gasteiger partial charge >= 0.3 is 0 Å². The van der Waals surface area contributed by atoms with Gasteiger partial charge in [0.25, 0.3) is 0 Å². The van der Waals surface area contributed by atoms with Crippen LogP contribution in [0.2, 0.25) is 0 Å². The molecule has 0 radical (unpaired) electrons. The van der Waals surface area contributed by atoms with E-state index in [1.54, 1.807) is 12.3 Å². The number of aryl methyl sites for hydroxylation is 1. The molecule has 0 spiro atoms. The minimum absolute atomic E-state index is 0.0528. The molecule has 1 N–H and O–H groups in total. The molecule has 1 aromatic rings. The number of carbonyl (C=O) groups excluding carboxylic acids is 1. The van der Waals surface area contributed by atoms with Crippen molar-refractivity contribution in [2.24, 2.45) is 22.4 Å². The monoisotopic (exact) mass is 324 g/mol. The zero-order valence-electron chi connectivity index (χ0n) is 12.2. The third kappa shape index (κ3) is 3.86. The highest BCUT2D eigenvalue weighted by atomic mass is 35.5. The van der Waals surface area contributed by atoms with E-state index >= 15 is 0 Å². The third-order valence-electron chi connectivity index (χ3n) is 3.96. The van der Waals surface area contributed by atoms with Gasteiger partial charge in [-0.3, -0.25) is 4.79 Å². The van der Waals surface area contributed by atoms with Crippen LogP contribution in [0.1, 0.15) is 25.0 Å². The Morgan fingerprint density at radius 2 is 1.90 bits per heavy atom. The molecule has 2 rings (SSSR count). The smallest absolute Gasteiger partial charge is 0.244 e. The van der Waals surface area contributed by atoms with Crippen LogP contribution in [0.15, 0.2) is 39.9 Å². The van der Waals surface area contributed by atoms with Gasteiger partial charge in [-0.1, -0.05) is 66.9 Å². The Morgan fingerprint density at radius 1 is 1.29 bits per heavy atom. The first-order chi connectivity index (χ1) is 9.82. The van der Waals surface area contributed by atoms with Crippen LogP contribution in [0.25, 0.3) is 0 Å². The lowest BCUT2D eigenvalue weighted by Crippen LogP contribution is -2.21. The van der Waals surface area contributed by atoms with Gasteiger partial charge in [0.2, 0.25) is 5.91 Å². The number of hydrogen-bond acceptors (Lipinski definition) is 2. The van der Waals surface area contributed by atoms with Crippen molar-refractivity contribution in [1.82, 2.24) is 5.43 Å². The van der Waals surface area contributed by atoms with E-state index < -0.39 is 0 Å². The Kier molecular flexibility index (Phi) is 4.74. The van der Waals surface area contributed by atoms with Crippen molar-refractivity contribution in [3.05, 3.63) is 46.0 Å². The second kappa shape index (κ2) is 6.20. The van der Waals surface area contributed by atoms with E-state index in [1.807, 2.05) is 45.0 Å². The van der Waals surface area contributed by atoms with E-state index in [2.05, 4.69) is 10.5 Å². The average molecular weight is 325 g/mol. The van der Waals surface area contributed by atoms with Gasteiger partial charge in [0, 0.05) is 0 Å². The Balaban J connectivity index is 1.94. The van der Waals surface area contributed by atoms with Gasteiger partial charge in [-0.15, -0.1) is 0 Å². The number of amides is 1. The first kappa shape index (κ1) is 16.1. The molecule has 1 aromatic carbocycles. The minimum atomic E-state index is -0.153. The molecular formula is C16H18Cl2N2O. The molecule has 1 aliphatic carbocycles. The molecule has 1 aliphatic rings. The Labute approximate surface area is 135 Å². The van der Waals surface area contributed by atoms with E-state index in [0.717, 1.165) is 5.56 Å². The van der Waals surface area contributed by atoms with Crippen LogP contribution in [0.3, 0.4) is 0 Å². The SMILES string of the molecule is Cc1ccc(/C=N/NC(=O)C2C(C=C(Cl)Cl)C2(C)C)cc1. The molecule has 1 amide bonds. The van der Waals surface area contributed by atoms with Gasteiger partial charge in [-0.05, 0) is 29.9 Å². The Morgan fingerprint density at radius 3 is 2.48 bits per heavy atom. The predicted octanol–water partition coefficient (Wildman–Crippen LogP) is 4.04. The maximum atomic E-state index is 12.1. The fraction of sp³-hybridized carbons (Fsp3) is 0.375. The van der Waals surface area contributed by atoms with Crippen LogP contribution < -0.4 is 5.43 Å². The van der Waals surface area contributed by atoms with Crippen molar-refractivity contribution in [2.45, 2.75) is 20.8 Å². The highest BCUT2D eigenvalue weighted by Gasteiger charge is 2.60. The lowest BCUT2D eigenvalue weighted by Gasteiger charge is -2.01. The summed E-state index contributed by atoms with van der Waals surface area (Å²) in [6.45, 7) is 6.05. The van der Waals surface area contributed by atoms with Gasteiger partial charge in [0.1, 0.15) is 4.49 Å². The quantitative estimate of drug-likeness (QED) is 0.659. The molecular weight excluding hydrogens is 307 g/mol. The number of nitrogens with one attached hydrogen (secondary N) is 1. The van der Waals surface area contributed by atoms with E-state index in [4.69, 9.17) is 23.2 Å². The molecule has 0 bridgehead atoms. The normalized spacial score (nSPS) is 22.9. The topological polar surface area (TPSA) is 41.5 Å². The number of nitrogens with zero attached hydrogens (tertiary/aromatic N) is 1. The minimum Gasteiger partial charge on any atom is -0.273 e.